The Hall–Kier alpha value is -1.75. The van der Waals surface area contributed by atoms with Crippen molar-refractivity contribution in [2.24, 2.45) is 10.7 Å². The predicted molar refractivity (Wildman–Crippen MR) is 124 cm³/mol. The number of likely N-dealkylation sites (tertiary alicyclic amines) is 1. The number of amides is 1. The minimum absolute atomic E-state index is 0. The molecule has 0 bridgehead atoms. The summed E-state index contributed by atoms with van der Waals surface area (Å²) in [5, 5.41) is 3.25. The second kappa shape index (κ2) is 14.3. The molecule has 0 radical (unpaired) electrons. The van der Waals surface area contributed by atoms with Crippen LogP contribution in [0, 0.1) is 0 Å². The van der Waals surface area contributed by atoms with Gasteiger partial charge in [-0.05, 0) is 37.5 Å². The van der Waals surface area contributed by atoms with Gasteiger partial charge in [-0.3, -0.25) is 0 Å². The molecule has 0 unspecified atom stereocenters. The van der Waals surface area contributed by atoms with Crippen molar-refractivity contribution >= 4 is 36.0 Å². The number of halogens is 1. The Kier molecular flexibility index (Phi) is 12.4. The number of hydrogen-bond acceptors (Lipinski definition) is 5. The van der Waals surface area contributed by atoms with Gasteiger partial charge in [-0.1, -0.05) is 12.1 Å². The number of rotatable bonds is 9. The van der Waals surface area contributed by atoms with Gasteiger partial charge in [0.25, 0.3) is 0 Å². The van der Waals surface area contributed by atoms with E-state index in [4.69, 9.17) is 19.9 Å². The molecule has 164 valence electrons. The van der Waals surface area contributed by atoms with Crippen LogP contribution in [-0.4, -0.2) is 63.0 Å². The Labute approximate surface area is 190 Å². The van der Waals surface area contributed by atoms with E-state index in [0.29, 0.717) is 45.4 Å². The molecule has 0 spiro atoms. The van der Waals surface area contributed by atoms with Crippen LogP contribution >= 0.6 is 24.0 Å². The number of nitrogens with zero attached hydrogens (tertiary/aromatic N) is 2. The summed E-state index contributed by atoms with van der Waals surface area (Å²) >= 11 is 0. The highest BCUT2D eigenvalue weighted by atomic mass is 127. The highest BCUT2D eigenvalue weighted by Crippen LogP contribution is 2.15. The molecule has 1 aliphatic heterocycles. The smallest absolute Gasteiger partial charge is 0.409 e. The van der Waals surface area contributed by atoms with E-state index in [1.807, 2.05) is 31.2 Å². The molecule has 0 atom stereocenters. The lowest BCUT2D eigenvalue weighted by atomic mass is 10.1. The van der Waals surface area contributed by atoms with Crippen LogP contribution < -0.4 is 15.8 Å². The summed E-state index contributed by atoms with van der Waals surface area (Å²) in [6, 6.07) is 8.06. The third-order valence-corrected chi connectivity index (χ3v) is 4.46. The van der Waals surface area contributed by atoms with Crippen molar-refractivity contribution in [3.05, 3.63) is 29.8 Å². The van der Waals surface area contributed by atoms with Crippen molar-refractivity contribution in [2.45, 2.75) is 38.8 Å². The van der Waals surface area contributed by atoms with Gasteiger partial charge < -0.3 is 30.2 Å². The van der Waals surface area contributed by atoms with Crippen molar-refractivity contribution in [3.63, 3.8) is 0 Å². The maximum Gasteiger partial charge on any atom is 0.409 e. The lowest BCUT2D eigenvalue weighted by molar-refractivity contribution is 0.0963. The molecule has 8 nitrogen and oxygen atoms in total. The molecule has 3 N–H and O–H groups in total. The van der Waals surface area contributed by atoms with Crippen LogP contribution in [0.1, 0.15) is 31.7 Å². The van der Waals surface area contributed by atoms with Gasteiger partial charge in [0.2, 0.25) is 0 Å². The molecule has 9 heteroatoms. The normalized spacial score (nSPS) is 14.8. The summed E-state index contributed by atoms with van der Waals surface area (Å²) < 4.78 is 15.8. The van der Waals surface area contributed by atoms with Crippen LogP contribution in [0.3, 0.4) is 0 Å². The molecular weight excluding hydrogens is 487 g/mol. The zero-order valence-corrected chi connectivity index (χ0v) is 19.6. The van der Waals surface area contributed by atoms with Gasteiger partial charge in [-0.15, -0.1) is 24.0 Å². The van der Waals surface area contributed by atoms with E-state index in [-0.39, 0.29) is 36.1 Å². The number of carbonyl (C=O) groups is 1. The summed E-state index contributed by atoms with van der Waals surface area (Å²) in [6.07, 6.45) is 2.25. The van der Waals surface area contributed by atoms with Gasteiger partial charge in [0.1, 0.15) is 5.75 Å². The van der Waals surface area contributed by atoms with Crippen LogP contribution in [-0.2, 0) is 16.0 Å². The number of nitrogens with one attached hydrogen (secondary N) is 1. The number of hydrogen-bond donors (Lipinski definition) is 2. The number of benzene rings is 1. The van der Waals surface area contributed by atoms with Crippen molar-refractivity contribution < 1.29 is 19.0 Å². The number of carbonyl (C=O) groups excluding carboxylic acids is 1. The van der Waals surface area contributed by atoms with Crippen molar-refractivity contribution in [1.29, 1.82) is 0 Å². The van der Waals surface area contributed by atoms with E-state index < -0.39 is 0 Å². The predicted octanol–water partition coefficient (Wildman–Crippen LogP) is 2.75. The van der Waals surface area contributed by atoms with Crippen molar-refractivity contribution in [3.8, 4) is 5.75 Å². The Morgan fingerprint density at radius 1 is 1.31 bits per heavy atom. The zero-order chi connectivity index (χ0) is 20.2. The summed E-state index contributed by atoms with van der Waals surface area (Å²) in [5.74, 6) is 1.24. The van der Waals surface area contributed by atoms with Crippen molar-refractivity contribution in [1.82, 2.24) is 10.2 Å². The highest BCUT2D eigenvalue weighted by molar-refractivity contribution is 14.0. The molecule has 1 heterocycles. The Morgan fingerprint density at radius 3 is 2.76 bits per heavy atom. The van der Waals surface area contributed by atoms with Crippen LogP contribution in [0.15, 0.2) is 29.3 Å². The monoisotopic (exact) mass is 520 g/mol. The molecule has 1 saturated heterocycles. The Morgan fingerprint density at radius 2 is 2.07 bits per heavy atom. The first kappa shape index (κ1) is 25.3. The fraction of sp³-hybridized carbons (Fsp3) is 0.600. The first-order chi connectivity index (χ1) is 13.6. The lowest BCUT2D eigenvalue weighted by Gasteiger charge is -2.31. The molecule has 1 aromatic carbocycles. The Balaban J connectivity index is 0.00000420. The number of guanidine groups is 1. The standard InChI is InChI=1S/C20H32N4O4.HI/c1-3-27-20(25)24-10-8-17(9-11-24)23-19(21)22-15-16-6-4-7-18(14-16)28-13-5-12-26-2;/h4,6-7,14,17H,3,5,8-13,15H2,1-2H3,(H3,21,22,23);1H. The summed E-state index contributed by atoms with van der Waals surface area (Å²) in [7, 11) is 1.68. The molecule has 1 aliphatic rings. The van der Waals surface area contributed by atoms with E-state index in [1.165, 1.54) is 0 Å². The molecule has 0 aliphatic carbocycles. The maximum absolute atomic E-state index is 11.7. The summed E-state index contributed by atoms with van der Waals surface area (Å²) in [6.45, 7) is 5.32. The minimum Gasteiger partial charge on any atom is -0.493 e. The van der Waals surface area contributed by atoms with Crippen LogP contribution in [0.4, 0.5) is 4.79 Å². The van der Waals surface area contributed by atoms with Crippen molar-refractivity contribution in [2.75, 3.05) is 40.0 Å². The number of methoxy groups -OCH3 is 1. The van der Waals surface area contributed by atoms with Gasteiger partial charge in [0.15, 0.2) is 5.96 Å². The second-order valence-electron chi connectivity index (χ2n) is 6.65. The topological polar surface area (TPSA) is 98.4 Å². The number of nitrogens with two attached hydrogens (primary N) is 1. The number of ether oxygens (including phenoxy) is 3. The molecule has 0 saturated carbocycles. The van der Waals surface area contributed by atoms with E-state index in [1.54, 1.807) is 12.0 Å². The van der Waals surface area contributed by atoms with E-state index >= 15 is 0 Å². The average Bonchev–Trinajstić information content (AvgIpc) is 2.71. The third kappa shape index (κ3) is 9.53. The van der Waals surface area contributed by atoms with E-state index in [0.717, 1.165) is 30.6 Å². The zero-order valence-electron chi connectivity index (χ0n) is 17.3. The molecule has 29 heavy (non-hydrogen) atoms. The second-order valence-corrected chi connectivity index (χ2v) is 6.65. The summed E-state index contributed by atoms with van der Waals surface area (Å²) in [5.41, 5.74) is 7.07. The fourth-order valence-corrected chi connectivity index (χ4v) is 2.98. The molecule has 1 amide bonds. The molecular formula is C20H33IN4O4. The van der Waals surface area contributed by atoms with Crippen LogP contribution in [0.25, 0.3) is 0 Å². The average molecular weight is 520 g/mol. The molecule has 1 fully saturated rings. The first-order valence-corrected chi connectivity index (χ1v) is 9.81. The highest BCUT2D eigenvalue weighted by Gasteiger charge is 2.23. The Bertz CT molecular complexity index is 637. The lowest BCUT2D eigenvalue weighted by Crippen LogP contribution is -2.48. The molecule has 1 aromatic rings. The quantitative estimate of drug-likeness (QED) is 0.225. The van der Waals surface area contributed by atoms with Gasteiger partial charge in [0, 0.05) is 39.3 Å². The summed E-state index contributed by atoms with van der Waals surface area (Å²) in [4.78, 5) is 17.9. The van der Waals surface area contributed by atoms with Gasteiger partial charge >= 0.3 is 6.09 Å². The van der Waals surface area contributed by atoms with E-state index in [9.17, 15) is 4.79 Å². The maximum atomic E-state index is 11.7. The largest absolute Gasteiger partial charge is 0.493 e. The first-order valence-electron chi connectivity index (χ1n) is 9.81. The number of aliphatic imine (C=N–C) groups is 1. The minimum atomic E-state index is -0.244. The third-order valence-electron chi connectivity index (χ3n) is 4.46. The van der Waals surface area contributed by atoms with E-state index in [2.05, 4.69) is 10.3 Å². The molecule has 2 rings (SSSR count). The van der Waals surface area contributed by atoms with Gasteiger partial charge in [0.05, 0.1) is 19.8 Å². The number of piperidine rings is 1. The fourth-order valence-electron chi connectivity index (χ4n) is 2.98. The van der Waals surface area contributed by atoms with Crippen LogP contribution in [0.5, 0.6) is 5.75 Å². The van der Waals surface area contributed by atoms with Crippen LogP contribution in [0.2, 0.25) is 0 Å². The SMILES string of the molecule is CCOC(=O)N1CCC(NC(N)=NCc2cccc(OCCCOC)c2)CC1.I. The molecule has 0 aromatic heterocycles. The van der Waals surface area contributed by atoms with Gasteiger partial charge in [-0.25, -0.2) is 9.79 Å². The van der Waals surface area contributed by atoms with Gasteiger partial charge in [-0.2, -0.15) is 0 Å².